The summed E-state index contributed by atoms with van der Waals surface area (Å²) in [4.78, 5) is 0. The Morgan fingerprint density at radius 3 is 1.63 bits per heavy atom. The van der Waals surface area contributed by atoms with Crippen LogP contribution in [-0.4, -0.2) is 0 Å². The minimum Gasteiger partial charge on any atom is -0.0622 e. The fourth-order valence-corrected chi connectivity index (χ4v) is 3.74. The maximum atomic E-state index is 3.68. The third-order valence-corrected chi connectivity index (χ3v) is 4.97. The maximum Gasteiger partial charge on any atom is 0.0187 e. The van der Waals surface area contributed by atoms with Gasteiger partial charge in [0.05, 0.1) is 0 Å². The van der Waals surface area contributed by atoms with E-state index in [1.54, 1.807) is 0 Å². The van der Waals surface area contributed by atoms with Crippen LogP contribution in [0.1, 0.15) is 16.7 Å². The SMILES string of the molecule is Brc1cc(C=C(c2ccccc2)c2ccccc2)cc(-c2ccccc2)c1. The van der Waals surface area contributed by atoms with Crippen molar-refractivity contribution in [3.05, 3.63) is 130 Å². The third kappa shape index (κ3) is 4.27. The zero-order valence-corrected chi connectivity index (χ0v) is 16.4. The smallest absolute Gasteiger partial charge is 0.0187 e. The van der Waals surface area contributed by atoms with Gasteiger partial charge < -0.3 is 0 Å². The fraction of sp³-hybridized carbons (Fsp3) is 0. The van der Waals surface area contributed by atoms with Gasteiger partial charge in [-0.2, -0.15) is 0 Å². The van der Waals surface area contributed by atoms with E-state index in [-0.39, 0.29) is 0 Å². The molecular weight excluding hydrogens is 392 g/mol. The van der Waals surface area contributed by atoms with Crippen LogP contribution in [0.3, 0.4) is 0 Å². The third-order valence-electron chi connectivity index (χ3n) is 4.51. The normalized spacial score (nSPS) is 10.4. The first kappa shape index (κ1) is 17.5. The van der Waals surface area contributed by atoms with Crippen LogP contribution in [0.25, 0.3) is 22.8 Å². The topological polar surface area (TPSA) is 0 Å². The Balaban J connectivity index is 1.85. The van der Waals surface area contributed by atoms with Crippen LogP contribution in [0.2, 0.25) is 0 Å². The summed E-state index contributed by atoms with van der Waals surface area (Å²) in [5.41, 5.74) is 7.24. The minimum absolute atomic E-state index is 1.08. The minimum atomic E-state index is 1.08. The van der Waals surface area contributed by atoms with Gasteiger partial charge in [-0.3, -0.25) is 0 Å². The van der Waals surface area contributed by atoms with Gasteiger partial charge in [-0.1, -0.05) is 107 Å². The van der Waals surface area contributed by atoms with Gasteiger partial charge in [-0.15, -0.1) is 0 Å². The molecule has 0 aromatic heterocycles. The second kappa shape index (κ2) is 8.20. The molecule has 4 rings (SSSR count). The van der Waals surface area contributed by atoms with Crippen molar-refractivity contribution in [3.63, 3.8) is 0 Å². The maximum absolute atomic E-state index is 3.68. The van der Waals surface area contributed by atoms with E-state index in [1.807, 2.05) is 6.07 Å². The van der Waals surface area contributed by atoms with Crippen LogP contribution in [-0.2, 0) is 0 Å². The molecule has 0 saturated heterocycles. The first-order chi connectivity index (χ1) is 13.3. The van der Waals surface area contributed by atoms with Crippen LogP contribution in [0, 0.1) is 0 Å². The van der Waals surface area contributed by atoms with Gasteiger partial charge in [0.15, 0.2) is 0 Å². The van der Waals surface area contributed by atoms with E-state index in [9.17, 15) is 0 Å². The van der Waals surface area contributed by atoms with Crippen molar-refractivity contribution >= 4 is 27.6 Å². The average molecular weight is 411 g/mol. The molecule has 4 aromatic rings. The Hall–Kier alpha value is -2.90. The van der Waals surface area contributed by atoms with E-state index in [2.05, 4.69) is 125 Å². The van der Waals surface area contributed by atoms with Gasteiger partial charge in [-0.25, -0.2) is 0 Å². The Bertz CT molecular complexity index is 1010. The fourth-order valence-electron chi connectivity index (χ4n) is 3.23. The summed E-state index contributed by atoms with van der Waals surface area (Å²) in [6, 6.07) is 38.2. The number of hydrogen-bond acceptors (Lipinski definition) is 0. The van der Waals surface area contributed by atoms with Gasteiger partial charge in [0.2, 0.25) is 0 Å². The highest BCUT2D eigenvalue weighted by Gasteiger charge is 2.07. The molecule has 0 saturated carbocycles. The van der Waals surface area contributed by atoms with E-state index in [1.165, 1.54) is 33.4 Å². The molecule has 0 bridgehead atoms. The molecule has 1 heteroatoms. The lowest BCUT2D eigenvalue weighted by Gasteiger charge is -2.10. The Labute approximate surface area is 169 Å². The van der Waals surface area contributed by atoms with Crippen LogP contribution in [0.4, 0.5) is 0 Å². The monoisotopic (exact) mass is 410 g/mol. The number of benzene rings is 4. The Morgan fingerprint density at radius 2 is 1.07 bits per heavy atom. The van der Waals surface area contributed by atoms with Crippen LogP contribution >= 0.6 is 15.9 Å². The lowest BCUT2D eigenvalue weighted by Crippen LogP contribution is -1.88. The molecule has 0 heterocycles. The molecule has 0 fully saturated rings. The standard InChI is InChI=1S/C26H19Br/c27-25-17-20(16-24(19-25)21-10-4-1-5-11-21)18-26(22-12-6-2-7-13-22)23-14-8-3-9-15-23/h1-19H. The highest BCUT2D eigenvalue weighted by molar-refractivity contribution is 9.10. The molecule has 130 valence electrons. The summed E-state index contributed by atoms with van der Waals surface area (Å²) in [5.74, 6) is 0. The Kier molecular flexibility index (Phi) is 5.32. The van der Waals surface area contributed by atoms with Crippen molar-refractivity contribution in [1.29, 1.82) is 0 Å². The number of rotatable bonds is 4. The first-order valence-corrected chi connectivity index (χ1v) is 9.77. The molecule has 4 aromatic carbocycles. The highest BCUT2D eigenvalue weighted by Crippen LogP contribution is 2.30. The van der Waals surface area contributed by atoms with E-state index in [0.29, 0.717) is 0 Å². The van der Waals surface area contributed by atoms with Gasteiger partial charge >= 0.3 is 0 Å². The molecule has 0 nitrogen and oxygen atoms in total. The molecule has 0 radical (unpaired) electrons. The second-order valence-electron chi connectivity index (χ2n) is 6.43. The van der Waals surface area contributed by atoms with Crippen molar-refractivity contribution in [2.45, 2.75) is 0 Å². The van der Waals surface area contributed by atoms with Crippen LogP contribution < -0.4 is 0 Å². The average Bonchev–Trinajstić information content (AvgIpc) is 2.73. The lowest BCUT2D eigenvalue weighted by molar-refractivity contribution is 1.54. The van der Waals surface area contributed by atoms with Gasteiger partial charge in [0, 0.05) is 4.47 Å². The van der Waals surface area contributed by atoms with Gasteiger partial charge in [0.25, 0.3) is 0 Å². The highest BCUT2D eigenvalue weighted by atomic mass is 79.9. The van der Waals surface area contributed by atoms with Gasteiger partial charge in [-0.05, 0) is 57.7 Å². The zero-order chi connectivity index (χ0) is 18.5. The van der Waals surface area contributed by atoms with Crippen molar-refractivity contribution in [2.24, 2.45) is 0 Å². The predicted octanol–water partition coefficient (Wildman–Crippen LogP) is 7.71. The summed E-state index contributed by atoms with van der Waals surface area (Å²) in [7, 11) is 0. The van der Waals surface area contributed by atoms with E-state index >= 15 is 0 Å². The molecular formula is C26H19Br. The molecule has 0 unspecified atom stereocenters. The molecule has 0 aliphatic heterocycles. The lowest BCUT2D eigenvalue weighted by atomic mass is 9.94. The van der Waals surface area contributed by atoms with Gasteiger partial charge in [0.1, 0.15) is 0 Å². The van der Waals surface area contributed by atoms with E-state index in [0.717, 1.165) is 4.47 Å². The number of halogens is 1. The number of hydrogen-bond donors (Lipinski definition) is 0. The zero-order valence-electron chi connectivity index (χ0n) is 14.8. The van der Waals surface area contributed by atoms with E-state index in [4.69, 9.17) is 0 Å². The summed E-state index contributed by atoms with van der Waals surface area (Å²) in [6.07, 6.45) is 2.27. The first-order valence-electron chi connectivity index (χ1n) is 8.98. The molecule has 0 spiro atoms. The molecule has 0 atom stereocenters. The molecule has 0 amide bonds. The predicted molar refractivity (Wildman–Crippen MR) is 119 cm³/mol. The van der Waals surface area contributed by atoms with Crippen LogP contribution in [0.15, 0.2) is 114 Å². The Morgan fingerprint density at radius 1 is 0.556 bits per heavy atom. The van der Waals surface area contributed by atoms with Crippen molar-refractivity contribution in [2.75, 3.05) is 0 Å². The molecule has 27 heavy (non-hydrogen) atoms. The van der Waals surface area contributed by atoms with Crippen LogP contribution in [0.5, 0.6) is 0 Å². The summed E-state index contributed by atoms with van der Waals surface area (Å²) in [6.45, 7) is 0. The largest absolute Gasteiger partial charge is 0.0622 e. The summed E-state index contributed by atoms with van der Waals surface area (Å²) >= 11 is 3.68. The second-order valence-corrected chi connectivity index (χ2v) is 7.35. The van der Waals surface area contributed by atoms with Crippen molar-refractivity contribution in [1.82, 2.24) is 0 Å². The molecule has 0 aliphatic carbocycles. The molecule has 0 N–H and O–H groups in total. The summed E-state index contributed by atoms with van der Waals surface area (Å²) < 4.78 is 1.08. The molecule has 0 aliphatic rings. The van der Waals surface area contributed by atoms with Crippen molar-refractivity contribution in [3.8, 4) is 11.1 Å². The summed E-state index contributed by atoms with van der Waals surface area (Å²) in [5, 5.41) is 0. The quantitative estimate of drug-likeness (QED) is 0.302. The van der Waals surface area contributed by atoms with E-state index < -0.39 is 0 Å². The van der Waals surface area contributed by atoms with Crippen molar-refractivity contribution < 1.29 is 0 Å².